The molecule has 4 aromatic rings. The van der Waals surface area contributed by atoms with Gasteiger partial charge in [0.05, 0.1) is 39.6 Å². The van der Waals surface area contributed by atoms with Crippen LogP contribution in [0.2, 0.25) is 0 Å². The molecule has 1 heterocycles. The first-order valence-electron chi connectivity index (χ1n) is 35.5. The average molecular weight is 1160 g/mol. The minimum atomic E-state index is 0.559. The van der Waals surface area contributed by atoms with E-state index in [1.54, 1.807) is 0 Å². The van der Waals surface area contributed by atoms with Gasteiger partial charge in [0.25, 0.3) is 0 Å². The molecular weight excluding hydrogens is 1040 g/mol. The number of rotatable bonds is 57. The molecule has 474 valence electrons. The van der Waals surface area contributed by atoms with Crippen LogP contribution in [0.4, 0.5) is 0 Å². The summed E-state index contributed by atoms with van der Waals surface area (Å²) in [7, 11) is 0. The average Bonchev–Trinajstić information content (AvgIpc) is 2.85. The van der Waals surface area contributed by atoms with Gasteiger partial charge in [0.15, 0.2) is 52.0 Å². The highest BCUT2D eigenvalue weighted by Gasteiger charge is 2.19. The van der Waals surface area contributed by atoms with Crippen LogP contribution in [0, 0.1) is 0 Å². The SMILES string of the molecule is CCCCCCCCCOc1ccc(-c2nc(-c3ccc(OCCCCCCCCC)c(OCCCCCCCCC)c3)nc(-c3ccc(OCCCCCCCCC)c(OCCCCCCCCC)c3)n2)cc1OCCCCCCCCC. The third-order valence-corrected chi connectivity index (χ3v) is 16.3. The quantitative estimate of drug-likeness (QED) is 0.0401. The van der Waals surface area contributed by atoms with Gasteiger partial charge in [0, 0.05) is 16.7 Å². The summed E-state index contributed by atoms with van der Waals surface area (Å²) < 4.78 is 39.7. The van der Waals surface area contributed by atoms with E-state index in [-0.39, 0.29) is 0 Å². The summed E-state index contributed by atoms with van der Waals surface area (Å²) in [6.07, 6.45) is 51.5. The molecule has 0 aliphatic carbocycles. The van der Waals surface area contributed by atoms with Crippen LogP contribution in [-0.2, 0) is 0 Å². The summed E-state index contributed by atoms with van der Waals surface area (Å²) in [5, 5.41) is 0. The maximum Gasteiger partial charge on any atom is 0.164 e. The topological polar surface area (TPSA) is 94.1 Å². The predicted octanol–water partition coefficient (Wildman–Crippen LogP) is 23.6. The lowest BCUT2D eigenvalue weighted by atomic mass is 10.1. The molecule has 3 aromatic carbocycles. The van der Waals surface area contributed by atoms with Crippen LogP contribution in [0.1, 0.15) is 311 Å². The summed E-state index contributed by atoms with van der Waals surface area (Å²) in [5.41, 5.74) is 2.52. The molecule has 9 nitrogen and oxygen atoms in total. The molecule has 0 aliphatic heterocycles. The molecule has 0 aliphatic rings. The number of nitrogens with zero attached hydrogens (tertiary/aromatic N) is 3. The van der Waals surface area contributed by atoms with Gasteiger partial charge in [-0.2, -0.15) is 0 Å². The van der Waals surface area contributed by atoms with E-state index in [4.69, 9.17) is 43.4 Å². The molecule has 0 bridgehead atoms. The fourth-order valence-corrected chi connectivity index (χ4v) is 10.8. The Morgan fingerprint density at radius 3 is 0.560 bits per heavy atom. The Morgan fingerprint density at radius 2 is 0.369 bits per heavy atom. The summed E-state index contributed by atoms with van der Waals surface area (Å²) >= 11 is 0. The molecular formula is C75H123N3O6. The Balaban J connectivity index is 1.75. The highest BCUT2D eigenvalue weighted by molar-refractivity contribution is 5.70. The smallest absolute Gasteiger partial charge is 0.164 e. The van der Waals surface area contributed by atoms with E-state index in [1.165, 1.54) is 212 Å². The van der Waals surface area contributed by atoms with Gasteiger partial charge in [-0.1, -0.05) is 273 Å². The second-order valence-electron chi connectivity index (χ2n) is 24.1. The monoisotopic (exact) mass is 1160 g/mol. The van der Waals surface area contributed by atoms with Crippen molar-refractivity contribution >= 4 is 0 Å². The number of hydrogen-bond acceptors (Lipinski definition) is 9. The zero-order valence-electron chi connectivity index (χ0n) is 54.9. The third kappa shape index (κ3) is 32.3. The molecule has 0 saturated heterocycles. The van der Waals surface area contributed by atoms with Crippen molar-refractivity contribution in [2.24, 2.45) is 0 Å². The van der Waals surface area contributed by atoms with E-state index in [9.17, 15) is 0 Å². The van der Waals surface area contributed by atoms with Crippen LogP contribution >= 0.6 is 0 Å². The van der Waals surface area contributed by atoms with Crippen molar-refractivity contribution in [3.63, 3.8) is 0 Å². The fraction of sp³-hybridized carbons (Fsp3) is 0.720. The van der Waals surface area contributed by atoms with Gasteiger partial charge in [-0.3, -0.25) is 0 Å². The van der Waals surface area contributed by atoms with Gasteiger partial charge >= 0.3 is 0 Å². The molecule has 0 radical (unpaired) electrons. The Labute approximate surface area is 515 Å². The van der Waals surface area contributed by atoms with Crippen LogP contribution in [-0.4, -0.2) is 54.6 Å². The van der Waals surface area contributed by atoms with Crippen LogP contribution in [0.5, 0.6) is 34.5 Å². The zero-order valence-corrected chi connectivity index (χ0v) is 54.9. The lowest BCUT2D eigenvalue weighted by Crippen LogP contribution is -2.06. The minimum absolute atomic E-state index is 0.559. The highest BCUT2D eigenvalue weighted by atomic mass is 16.5. The van der Waals surface area contributed by atoms with Crippen molar-refractivity contribution in [2.75, 3.05) is 39.6 Å². The first-order chi connectivity index (χ1) is 41.5. The number of hydrogen-bond donors (Lipinski definition) is 0. The van der Waals surface area contributed by atoms with E-state index in [0.717, 1.165) is 109 Å². The molecule has 0 unspecified atom stereocenters. The third-order valence-electron chi connectivity index (χ3n) is 16.3. The highest BCUT2D eigenvalue weighted by Crippen LogP contribution is 2.38. The summed E-state index contributed by atoms with van der Waals surface area (Å²) in [6, 6.07) is 18.7. The molecule has 0 saturated carbocycles. The summed E-state index contributed by atoms with van der Waals surface area (Å²) in [6.45, 7) is 17.5. The van der Waals surface area contributed by atoms with Gasteiger partial charge in [-0.05, 0) is 93.1 Å². The van der Waals surface area contributed by atoms with Gasteiger partial charge in [-0.25, -0.2) is 15.0 Å². The van der Waals surface area contributed by atoms with Gasteiger partial charge in [0.1, 0.15) is 0 Å². The Hall–Kier alpha value is -4.53. The minimum Gasteiger partial charge on any atom is -0.490 e. The maximum absolute atomic E-state index is 6.68. The van der Waals surface area contributed by atoms with Crippen molar-refractivity contribution in [1.29, 1.82) is 0 Å². The fourth-order valence-electron chi connectivity index (χ4n) is 10.8. The standard InChI is InChI=1S/C75H123N3O6/c1-7-13-19-25-31-37-43-55-79-67-52-49-64(61-70(67)82-58-46-40-34-28-22-16-10-4)73-76-74(65-50-53-68(80-56-44-38-32-26-20-14-8-2)71(62-65)83-59-47-41-35-29-23-17-11-5)78-75(77-73)66-51-54-69(81-57-45-39-33-27-21-15-9-3)72(63-66)84-60-48-42-36-30-24-18-12-6/h49-54,61-63H,7-48,55-60H2,1-6H3. The van der Waals surface area contributed by atoms with Crippen molar-refractivity contribution in [1.82, 2.24) is 15.0 Å². The number of ether oxygens (including phenoxy) is 6. The van der Waals surface area contributed by atoms with Crippen molar-refractivity contribution < 1.29 is 28.4 Å². The lowest BCUT2D eigenvalue weighted by Gasteiger charge is -2.17. The van der Waals surface area contributed by atoms with Crippen LogP contribution in [0.3, 0.4) is 0 Å². The molecule has 84 heavy (non-hydrogen) atoms. The molecule has 0 spiro atoms. The predicted molar refractivity (Wildman–Crippen MR) is 357 cm³/mol. The Bertz CT molecular complexity index is 1950. The van der Waals surface area contributed by atoms with E-state index in [1.807, 2.05) is 0 Å². The molecule has 0 N–H and O–H groups in total. The van der Waals surface area contributed by atoms with E-state index in [0.29, 0.717) is 57.1 Å². The first kappa shape index (κ1) is 71.9. The molecule has 1 aromatic heterocycles. The summed E-state index contributed by atoms with van der Waals surface area (Å²) in [4.78, 5) is 15.9. The lowest BCUT2D eigenvalue weighted by molar-refractivity contribution is 0.258. The number of aromatic nitrogens is 3. The van der Waals surface area contributed by atoms with Crippen molar-refractivity contribution in [2.45, 2.75) is 311 Å². The number of benzene rings is 3. The number of unbranched alkanes of at least 4 members (excludes halogenated alkanes) is 36. The van der Waals surface area contributed by atoms with Gasteiger partial charge in [0.2, 0.25) is 0 Å². The summed E-state index contributed by atoms with van der Waals surface area (Å²) in [5.74, 6) is 6.19. The van der Waals surface area contributed by atoms with E-state index < -0.39 is 0 Å². The zero-order chi connectivity index (χ0) is 59.6. The van der Waals surface area contributed by atoms with Crippen LogP contribution < -0.4 is 28.4 Å². The van der Waals surface area contributed by atoms with Crippen molar-refractivity contribution in [3.05, 3.63) is 54.6 Å². The van der Waals surface area contributed by atoms with E-state index >= 15 is 0 Å². The molecule has 0 fully saturated rings. The Kier molecular flexibility index (Phi) is 42.5. The molecule has 4 rings (SSSR count). The van der Waals surface area contributed by atoms with Crippen molar-refractivity contribution in [3.8, 4) is 68.7 Å². The van der Waals surface area contributed by atoms with Gasteiger partial charge < -0.3 is 28.4 Å². The largest absolute Gasteiger partial charge is 0.490 e. The maximum atomic E-state index is 6.68. The Morgan fingerprint density at radius 1 is 0.202 bits per heavy atom. The van der Waals surface area contributed by atoms with Gasteiger partial charge in [-0.15, -0.1) is 0 Å². The second kappa shape index (κ2) is 49.6. The van der Waals surface area contributed by atoms with Crippen LogP contribution in [0.25, 0.3) is 34.2 Å². The molecule has 0 atom stereocenters. The normalized spacial score (nSPS) is 11.4. The second-order valence-corrected chi connectivity index (χ2v) is 24.1. The molecule has 0 amide bonds. The van der Waals surface area contributed by atoms with E-state index in [2.05, 4.69) is 96.1 Å². The first-order valence-corrected chi connectivity index (χ1v) is 35.5. The molecule has 9 heteroatoms. The van der Waals surface area contributed by atoms with Crippen LogP contribution in [0.15, 0.2) is 54.6 Å².